The van der Waals surface area contributed by atoms with Crippen LogP contribution in [0.2, 0.25) is 0 Å². The predicted octanol–water partition coefficient (Wildman–Crippen LogP) is 2.67. The van der Waals surface area contributed by atoms with Crippen LogP contribution in [0.5, 0.6) is 6.01 Å². The lowest BCUT2D eigenvalue weighted by Gasteiger charge is -2.41. The molecular formula is C36H47N7O7. The lowest BCUT2D eigenvalue weighted by molar-refractivity contribution is 0.00271. The Bertz CT molecular complexity index is 1620. The number of nitrogens with one attached hydrogen (secondary N) is 1. The third kappa shape index (κ3) is 8.90. The van der Waals surface area contributed by atoms with Gasteiger partial charge in [-0.05, 0) is 30.2 Å². The number of hydrogen-bond acceptors (Lipinski definition) is 12. The van der Waals surface area contributed by atoms with Gasteiger partial charge in [-0.15, -0.1) is 0 Å². The van der Waals surface area contributed by atoms with Gasteiger partial charge in [-0.1, -0.05) is 36.4 Å². The summed E-state index contributed by atoms with van der Waals surface area (Å²) in [5, 5.41) is 33.9. The zero-order chi connectivity index (χ0) is 34.7. The van der Waals surface area contributed by atoms with Gasteiger partial charge in [0.25, 0.3) is 0 Å². The van der Waals surface area contributed by atoms with Crippen LogP contribution in [0.25, 0.3) is 10.8 Å². The van der Waals surface area contributed by atoms with Gasteiger partial charge in [-0.2, -0.15) is 15.2 Å². The molecule has 14 heteroatoms. The van der Waals surface area contributed by atoms with Crippen molar-refractivity contribution in [2.24, 2.45) is 5.92 Å². The van der Waals surface area contributed by atoms with Crippen LogP contribution in [0.3, 0.4) is 0 Å². The summed E-state index contributed by atoms with van der Waals surface area (Å²) in [7, 11) is 0. The van der Waals surface area contributed by atoms with Gasteiger partial charge in [0.2, 0.25) is 0 Å². The number of hydrogen-bond donors (Lipinski definition) is 3. The van der Waals surface area contributed by atoms with Crippen molar-refractivity contribution in [3.63, 3.8) is 0 Å². The Morgan fingerprint density at radius 3 is 2.58 bits per heavy atom. The number of fused-ring (bicyclic) bond motifs is 2. The SMILES string of the molecule is N#CC[C@H]1CN(c2nc(OC[C@@H]3C[C@@H](COCCOCCOCCO)CN3)nc3c2CCN(c2cccc4ccccc24)C3)CCN1C(=O)O. The first-order valence-electron chi connectivity index (χ1n) is 17.5. The smallest absolute Gasteiger partial charge is 0.407 e. The van der Waals surface area contributed by atoms with Crippen molar-refractivity contribution >= 4 is 28.4 Å². The molecule has 0 spiro atoms. The van der Waals surface area contributed by atoms with Gasteiger partial charge in [0.05, 0.1) is 77.0 Å². The Hall–Kier alpha value is -4.26. The fourth-order valence-electron chi connectivity index (χ4n) is 7.07. The molecule has 0 aliphatic carbocycles. The molecule has 6 rings (SSSR count). The van der Waals surface area contributed by atoms with E-state index in [0.717, 1.165) is 48.7 Å². The summed E-state index contributed by atoms with van der Waals surface area (Å²) in [5.41, 5.74) is 3.10. The Balaban J connectivity index is 1.12. The Morgan fingerprint density at radius 2 is 1.76 bits per heavy atom. The molecule has 2 fully saturated rings. The molecule has 0 radical (unpaired) electrons. The van der Waals surface area contributed by atoms with Gasteiger partial charge >= 0.3 is 12.1 Å². The van der Waals surface area contributed by atoms with Crippen molar-refractivity contribution in [3.05, 3.63) is 53.7 Å². The third-order valence-corrected chi connectivity index (χ3v) is 9.54. The number of benzene rings is 2. The van der Waals surface area contributed by atoms with Crippen molar-refractivity contribution in [1.29, 1.82) is 5.26 Å². The molecule has 2 aromatic carbocycles. The fraction of sp³-hybridized carbons (Fsp3) is 0.556. The van der Waals surface area contributed by atoms with Crippen LogP contribution >= 0.6 is 0 Å². The number of nitriles is 1. The van der Waals surface area contributed by atoms with E-state index >= 15 is 0 Å². The van der Waals surface area contributed by atoms with Gasteiger partial charge in [0.15, 0.2) is 0 Å². The lowest BCUT2D eigenvalue weighted by atomic mass is 10.0. The van der Waals surface area contributed by atoms with E-state index in [9.17, 15) is 15.2 Å². The molecule has 0 bridgehead atoms. The van der Waals surface area contributed by atoms with E-state index in [1.165, 1.54) is 15.7 Å². The van der Waals surface area contributed by atoms with Gasteiger partial charge < -0.3 is 49.2 Å². The Labute approximate surface area is 292 Å². The Kier molecular flexibility index (Phi) is 12.5. The number of rotatable bonds is 16. The summed E-state index contributed by atoms with van der Waals surface area (Å²) in [4.78, 5) is 27.6. The number of amides is 1. The second-order valence-corrected chi connectivity index (χ2v) is 12.9. The van der Waals surface area contributed by atoms with E-state index in [2.05, 4.69) is 63.7 Å². The molecule has 0 unspecified atom stereocenters. The van der Waals surface area contributed by atoms with Crippen LogP contribution in [0, 0.1) is 17.2 Å². The average molecular weight is 690 g/mol. The van der Waals surface area contributed by atoms with Crippen molar-refractivity contribution < 1.29 is 34.0 Å². The monoisotopic (exact) mass is 689 g/mol. The van der Waals surface area contributed by atoms with Crippen LogP contribution in [0.15, 0.2) is 42.5 Å². The zero-order valence-corrected chi connectivity index (χ0v) is 28.4. The summed E-state index contributed by atoms with van der Waals surface area (Å²) < 4.78 is 22.8. The molecule has 3 N–H and O–H groups in total. The van der Waals surface area contributed by atoms with E-state index < -0.39 is 12.1 Å². The molecule has 1 aromatic heterocycles. The zero-order valence-electron chi connectivity index (χ0n) is 28.4. The van der Waals surface area contributed by atoms with Crippen LogP contribution in [-0.2, 0) is 27.2 Å². The molecule has 4 heterocycles. The van der Waals surface area contributed by atoms with Crippen molar-refractivity contribution in [3.8, 4) is 12.1 Å². The molecule has 14 nitrogen and oxygen atoms in total. The third-order valence-electron chi connectivity index (χ3n) is 9.54. The van der Waals surface area contributed by atoms with Gasteiger partial charge in [-0.25, -0.2) is 4.79 Å². The minimum absolute atomic E-state index is 0.00953. The van der Waals surface area contributed by atoms with Gasteiger partial charge in [0, 0.05) is 55.4 Å². The average Bonchev–Trinajstić information content (AvgIpc) is 3.60. The molecule has 3 aliphatic rings. The second-order valence-electron chi connectivity index (χ2n) is 12.9. The van der Waals surface area contributed by atoms with E-state index in [1.54, 1.807) is 0 Å². The first-order valence-corrected chi connectivity index (χ1v) is 17.5. The minimum Gasteiger partial charge on any atom is -0.465 e. The number of aliphatic hydroxyl groups excluding tert-OH is 1. The molecule has 3 aromatic rings. The summed E-state index contributed by atoms with van der Waals surface area (Å²) in [6, 6.07) is 16.9. The molecule has 1 amide bonds. The first kappa shape index (κ1) is 35.6. The van der Waals surface area contributed by atoms with Crippen molar-refractivity contribution in [1.82, 2.24) is 20.2 Å². The van der Waals surface area contributed by atoms with Gasteiger partial charge in [0.1, 0.15) is 12.4 Å². The molecule has 50 heavy (non-hydrogen) atoms. The Morgan fingerprint density at radius 1 is 0.960 bits per heavy atom. The van der Waals surface area contributed by atoms with E-state index in [0.29, 0.717) is 84.4 Å². The number of aromatic nitrogens is 2. The minimum atomic E-state index is -1.01. The van der Waals surface area contributed by atoms with Crippen molar-refractivity contribution in [2.45, 2.75) is 37.9 Å². The quantitative estimate of drug-likeness (QED) is 0.188. The molecule has 2 saturated heterocycles. The highest BCUT2D eigenvalue weighted by Crippen LogP contribution is 2.35. The number of anilines is 2. The van der Waals surface area contributed by atoms with E-state index in [4.69, 9.17) is 34.0 Å². The number of carbonyl (C=O) groups is 1. The summed E-state index contributed by atoms with van der Waals surface area (Å²) in [5.74, 6) is 1.12. The molecule has 3 aliphatic heterocycles. The predicted molar refractivity (Wildman–Crippen MR) is 187 cm³/mol. The lowest BCUT2D eigenvalue weighted by Crippen LogP contribution is -2.55. The summed E-state index contributed by atoms with van der Waals surface area (Å²) in [6.07, 6.45) is 0.728. The maximum Gasteiger partial charge on any atom is 0.407 e. The maximum absolute atomic E-state index is 11.9. The molecule has 3 atom stereocenters. The largest absolute Gasteiger partial charge is 0.465 e. The molecular weight excluding hydrogens is 642 g/mol. The topological polar surface area (TPSA) is 166 Å². The number of ether oxygens (including phenoxy) is 4. The standard InChI is InChI=1S/C36H47N7O7/c37-10-8-29-22-42(12-13-43(29)36(45)46)34-31-9-11-41(33-7-3-5-27-4-1-2-6-30(27)33)23-32(31)39-35(40-34)50-25-28-20-26(21-38-28)24-49-19-18-48-17-16-47-15-14-44/h1-7,26,28-29,38,44H,8-9,11-25H2,(H,45,46)/t26-,28+,29+/m1/s1. The second kappa shape index (κ2) is 17.6. The van der Waals surface area contributed by atoms with Gasteiger partial charge in [-0.3, -0.25) is 0 Å². The number of aliphatic hydroxyl groups is 1. The highest BCUT2D eigenvalue weighted by atomic mass is 16.5. The number of carboxylic acid groups (broad SMARTS) is 1. The maximum atomic E-state index is 11.9. The molecule has 268 valence electrons. The van der Waals surface area contributed by atoms with Crippen LogP contribution in [-0.4, -0.2) is 129 Å². The number of nitrogens with zero attached hydrogens (tertiary/aromatic N) is 6. The number of piperazine rings is 1. The van der Waals surface area contributed by atoms with Crippen LogP contribution in [0.1, 0.15) is 24.1 Å². The van der Waals surface area contributed by atoms with E-state index in [-0.39, 0.29) is 19.1 Å². The van der Waals surface area contributed by atoms with Crippen LogP contribution < -0.4 is 19.9 Å². The summed E-state index contributed by atoms with van der Waals surface area (Å²) >= 11 is 0. The van der Waals surface area contributed by atoms with Crippen LogP contribution in [0.4, 0.5) is 16.3 Å². The highest BCUT2D eigenvalue weighted by molar-refractivity contribution is 5.94. The van der Waals surface area contributed by atoms with E-state index in [1.807, 2.05) is 0 Å². The normalized spacial score (nSPS) is 20.6. The van der Waals surface area contributed by atoms with Crippen molar-refractivity contribution in [2.75, 3.05) is 95.4 Å². The fourth-order valence-corrected chi connectivity index (χ4v) is 7.07. The summed E-state index contributed by atoms with van der Waals surface area (Å²) in [6.45, 7) is 6.64. The first-order chi connectivity index (χ1) is 24.5. The highest BCUT2D eigenvalue weighted by Gasteiger charge is 2.34. The molecule has 0 saturated carbocycles.